The molecule has 0 aliphatic carbocycles. The Kier molecular flexibility index (Phi) is 5.45. The summed E-state index contributed by atoms with van der Waals surface area (Å²) < 4.78 is 1.94. The van der Waals surface area contributed by atoms with Gasteiger partial charge in [0.25, 0.3) is 0 Å². The molecule has 0 saturated carbocycles. The quantitative estimate of drug-likeness (QED) is 0.850. The lowest BCUT2D eigenvalue weighted by Crippen LogP contribution is -2.31. The minimum atomic E-state index is 0.572. The monoisotopic (exact) mass is 342 g/mol. The number of nitrogens with one attached hydrogen (secondary N) is 1. The molecular weight excluding hydrogens is 327 g/mol. The second-order valence-corrected chi connectivity index (χ2v) is 5.78. The average molecular weight is 343 g/mol. The standard InChI is InChI=1S/C14H16Cl2N4S/c1-3-20-11(6-7-17-20)9-19(2)14(21)18-13-8-10(15)4-5-12(13)16/h4-8H,3,9H2,1-2H3,(H,18,21). The molecule has 0 aliphatic heterocycles. The van der Waals surface area contributed by atoms with Crippen LogP contribution >= 0.6 is 35.4 Å². The Labute approximate surface area is 139 Å². The third-order valence-electron chi connectivity index (χ3n) is 3.02. The van der Waals surface area contributed by atoms with E-state index in [-0.39, 0.29) is 0 Å². The SMILES string of the molecule is CCn1nccc1CN(C)C(=S)Nc1cc(Cl)ccc1Cl. The molecule has 0 spiro atoms. The van der Waals surface area contributed by atoms with Gasteiger partial charge >= 0.3 is 0 Å². The van der Waals surface area contributed by atoms with Crippen LogP contribution in [0, 0.1) is 0 Å². The van der Waals surface area contributed by atoms with E-state index in [1.807, 2.05) is 22.7 Å². The molecule has 2 rings (SSSR count). The van der Waals surface area contributed by atoms with E-state index in [4.69, 9.17) is 35.4 Å². The Morgan fingerprint density at radius 3 is 2.86 bits per heavy atom. The largest absolute Gasteiger partial charge is 0.346 e. The zero-order chi connectivity index (χ0) is 15.4. The summed E-state index contributed by atoms with van der Waals surface area (Å²) in [6, 6.07) is 7.21. The lowest BCUT2D eigenvalue weighted by Gasteiger charge is -2.22. The van der Waals surface area contributed by atoms with Crippen LogP contribution in [-0.2, 0) is 13.1 Å². The van der Waals surface area contributed by atoms with Crippen molar-refractivity contribution in [3.8, 4) is 0 Å². The molecular formula is C14H16Cl2N4S. The van der Waals surface area contributed by atoms with Gasteiger partial charge in [-0.05, 0) is 43.4 Å². The summed E-state index contributed by atoms with van der Waals surface area (Å²) in [6.07, 6.45) is 1.79. The first-order chi connectivity index (χ1) is 10.0. The second-order valence-electron chi connectivity index (χ2n) is 4.55. The molecule has 1 N–H and O–H groups in total. The van der Waals surface area contributed by atoms with Crippen LogP contribution in [0.5, 0.6) is 0 Å². The molecule has 0 radical (unpaired) electrons. The van der Waals surface area contributed by atoms with E-state index < -0.39 is 0 Å². The average Bonchev–Trinajstić information content (AvgIpc) is 2.90. The van der Waals surface area contributed by atoms with Gasteiger partial charge in [-0.2, -0.15) is 5.10 Å². The Hall–Kier alpha value is -1.30. The van der Waals surface area contributed by atoms with Crippen LogP contribution in [0.3, 0.4) is 0 Å². The van der Waals surface area contributed by atoms with E-state index in [0.717, 1.165) is 12.2 Å². The van der Waals surface area contributed by atoms with Gasteiger partial charge in [0.2, 0.25) is 0 Å². The fourth-order valence-electron chi connectivity index (χ4n) is 1.90. The van der Waals surface area contributed by atoms with Crippen molar-refractivity contribution in [1.29, 1.82) is 0 Å². The van der Waals surface area contributed by atoms with Crippen molar-refractivity contribution in [3.63, 3.8) is 0 Å². The van der Waals surface area contributed by atoms with Crippen molar-refractivity contribution in [2.45, 2.75) is 20.0 Å². The number of thiocarbonyl (C=S) groups is 1. The topological polar surface area (TPSA) is 33.1 Å². The minimum Gasteiger partial charge on any atom is -0.346 e. The number of hydrogen-bond acceptors (Lipinski definition) is 2. The van der Waals surface area contributed by atoms with Crippen molar-refractivity contribution >= 4 is 46.2 Å². The van der Waals surface area contributed by atoms with Gasteiger partial charge in [0, 0.05) is 24.8 Å². The first-order valence-electron chi connectivity index (χ1n) is 6.49. The van der Waals surface area contributed by atoms with Crippen molar-refractivity contribution in [2.75, 3.05) is 12.4 Å². The number of anilines is 1. The number of aryl methyl sites for hydroxylation is 1. The third kappa shape index (κ3) is 4.09. The zero-order valence-corrected chi connectivity index (χ0v) is 14.1. The molecule has 112 valence electrons. The Morgan fingerprint density at radius 1 is 1.38 bits per heavy atom. The van der Waals surface area contributed by atoms with Gasteiger partial charge in [-0.25, -0.2) is 0 Å². The van der Waals surface area contributed by atoms with Gasteiger partial charge in [-0.3, -0.25) is 4.68 Å². The molecule has 4 nitrogen and oxygen atoms in total. The van der Waals surface area contributed by atoms with Gasteiger partial charge in [0.05, 0.1) is 22.9 Å². The molecule has 0 aliphatic rings. The van der Waals surface area contributed by atoms with Crippen molar-refractivity contribution in [1.82, 2.24) is 14.7 Å². The molecule has 0 unspecified atom stereocenters. The van der Waals surface area contributed by atoms with Crippen LogP contribution in [0.4, 0.5) is 5.69 Å². The van der Waals surface area contributed by atoms with Crippen LogP contribution in [-0.4, -0.2) is 26.8 Å². The fraction of sp³-hybridized carbons (Fsp3) is 0.286. The Morgan fingerprint density at radius 2 is 2.14 bits per heavy atom. The minimum absolute atomic E-state index is 0.572. The lowest BCUT2D eigenvalue weighted by atomic mass is 10.3. The molecule has 0 saturated heterocycles. The van der Waals surface area contributed by atoms with Crippen molar-refractivity contribution < 1.29 is 0 Å². The molecule has 2 aromatic rings. The first-order valence-corrected chi connectivity index (χ1v) is 7.65. The van der Waals surface area contributed by atoms with Gasteiger partial charge < -0.3 is 10.2 Å². The molecule has 0 amide bonds. The van der Waals surface area contributed by atoms with Crippen LogP contribution in [0.2, 0.25) is 10.0 Å². The highest BCUT2D eigenvalue weighted by Crippen LogP contribution is 2.25. The van der Waals surface area contributed by atoms with Gasteiger partial charge in [0.1, 0.15) is 0 Å². The van der Waals surface area contributed by atoms with Crippen molar-refractivity contribution in [3.05, 3.63) is 46.2 Å². The second kappa shape index (κ2) is 7.11. The van der Waals surface area contributed by atoms with E-state index in [1.165, 1.54) is 0 Å². The highest BCUT2D eigenvalue weighted by atomic mass is 35.5. The van der Waals surface area contributed by atoms with Crippen LogP contribution in [0.15, 0.2) is 30.5 Å². The van der Waals surface area contributed by atoms with Gasteiger partial charge in [-0.15, -0.1) is 0 Å². The molecule has 0 atom stereocenters. The first kappa shape index (κ1) is 16.1. The smallest absolute Gasteiger partial charge is 0.173 e. The van der Waals surface area contributed by atoms with Crippen molar-refractivity contribution in [2.24, 2.45) is 0 Å². The predicted octanol–water partition coefficient (Wildman–Crippen LogP) is 4.04. The summed E-state index contributed by atoms with van der Waals surface area (Å²) in [6.45, 7) is 3.55. The summed E-state index contributed by atoms with van der Waals surface area (Å²) in [5.74, 6) is 0. The lowest BCUT2D eigenvalue weighted by molar-refractivity contribution is 0.471. The normalized spacial score (nSPS) is 10.5. The van der Waals surface area contributed by atoms with E-state index >= 15 is 0 Å². The highest BCUT2D eigenvalue weighted by molar-refractivity contribution is 7.80. The molecule has 1 aromatic heterocycles. The maximum absolute atomic E-state index is 6.12. The number of rotatable bonds is 4. The number of halogens is 2. The van der Waals surface area contributed by atoms with Crippen LogP contribution < -0.4 is 5.32 Å². The Bertz CT molecular complexity index is 642. The fourth-order valence-corrected chi connectivity index (χ4v) is 2.41. The molecule has 0 bridgehead atoms. The van der Waals surface area contributed by atoms with E-state index in [9.17, 15) is 0 Å². The van der Waals surface area contributed by atoms with E-state index in [2.05, 4.69) is 17.3 Å². The summed E-state index contributed by atoms with van der Waals surface area (Å²) in [5, 5.41) is 9.11. The summed E-state index contributed by atoms with van der Waals surface area (Å²) in [5.41, 5.74) is 1.80. The number of hydrogen-bond donors (Lipinski definition) is 1. The summed E-state index contributed by atoms with van der Waals surface area (Å²) >= 11 is 17.5. The number of nitrogens with zero attached hydrogens (tertiary/aromatic N) is 3. The maximum Gasteiger partial charge on any atom is 0.173 e. The summed E-state index contributed by atoms with van der Waals surface area (Å²) in [7, 11) is 1.92. The highest BCUT2D eigenvalue weighted by Gasteiger charge is 2.10. The maximum atomic E-state index is 6.12. The van der Waals surface area contributed by atoms with E-state index in [0.29, 0.717) is 27.4 Å². The summed E-state index contributed by atoms with van der Waals surface area (Å²) in [4.78, 5) is 1.93. The van der Waals surface area contributed by atoms with Crippen LogP contribution in [0.25, 0.3) is 0 Å². The number of benzene rings is 1. The zero-order valence-electron chi connectivity index (χ0n) is 11.8. The Balaban J connectivity index is 2.04. The molecule has 7 heteroatoms. The predicted molar refractivity (Wildman–Crippen MR) is 92.1 cm³/mol. The van der Waals surface area contributed by atoms with Gasteiger partial charge in [0.15, 0.2) is 5.11 Å². The molecule has 1 aromatic carbocycles. The molecule has 0 fully saturated rings. The molecule has 21 heavy (non-hydrogen) atoms. The molecule has 1 heterocycles. The van der Waals surface area contributed by atoms with Crippen LogP contribution in [0.1, 0.15) is 12.6 Å². The van der Waals surface area contributed by atoms with Gasteiger partial charge in [-0.1, -0.05) is 23.2 Å². The van der Waals surface area contributed by atoms with E-state index in [1.54, 1.807) is 24.4 Å². The number of aromatic nitrogens is 2. The third-order valence-corrected chi connectivity index (χ3v) is 4.00.